The lowest BCUT2D eigenvalue weighted by Gasteiger charge is -2.26. The summed E-state index contributed by atoms with van der Waals surface area (Å²) in [5.41, 5.74) is 1.22. The highest BCUT2D eigenvalue weighted by molar-refractivity contribution is 14.0. The van der Waals surface area contributed by atoms with Crippen LogP contribution < -0.4 is 15.4 Å². The van der Waals surface area contributed by atoms with E-state index in [-0.39, 0.29) is 30.0 Å². The molecule has 172 valence electrons. The molecule has 1 atom stereocenters. The van der Waals surface area contributed by atoms with E-state index >= 15 is 0 Å². The van der Waals surface area contributed by atoms with Crippen molar-refractivity contribution in [3.63, 3.8) is 0 Å². The lowest BCUT2D eigenvalue weighted by atomic mass is 10.1. The quantitative estimate of drug-likeness (QED) is 0.195. The number of hydrogen-bond donors (Lipinski definition) is 2. The summed E-state index contributed by atoms with van der Waals surface area (Å²) < 4.78 is 11.2. The normalized spacial score (nSPS) is 16.1. The third kappa shape index (κ3) is 10.8. The Morgan fingerprint density at radius 1 is 1.13 bits per heavy atom. The zero-order valence-electron chi connectivity index (χ0n) is 19.2. The van der Waals surface area contributed by atoms with Crippen molar-refractivity contribution < 1.29 is 9.47 Å². The van der Waals surface area contributed by atoms with Gasteiger partial charge in [0.2, 0.25) is 0 Å². The summed E-state index contributed by atoms with van der Waals surface area (Å²) in [6, 6.07) is 8.52. The molecule has 1 aromatic rings. The number of ether oxygens (including phenoxy) is 2. The molecule has 0 spiro atoms. The Kier molecular flexibility index (Phi) is 14.1. The Bertz CT molecular complexity index is 589. The molecule has 2 rings (SSSR count). The second-order valence-corrected chi connectivity index (χ2v) is 8.06. The molecule has 1 saturated heterocycles. The molecule has 1 aromatic carbocycles. The Morgan fingerprint density at radius 2 is 1.83 bits per heavy atom. The van der Waals surface area contributed by atoms with Gasteiger partial charge in [0.25, 0.3) is 0 Å². The molecule has 0 amide bonds. The van der Waals surface area contributed by atoms with Gasteiger partial charge in [0.1, 0.15) is 5.75 Å². The first-order valence-electron chi connectivity index (χ1n) is 11.2. The predicted molar refractivity (Wildman–Crippen MR) is 136 cm³/mol. The molecule has 0 bridgehead atoms. The van der Waals surface area contributed by atoms with Crippen molar-refractivity contribution in [3.05, 3.63) is 29.8 Å². The lowest BCUT2D eigenvalue weighted by Crippen LogP contribution is -2.39. The van der Waals surface area contributed by atoms with Gasteiger partial charge in [0.15, 0.2) is 5.96 Å². The molecule has 0 aliphatic carbocycles. The summed E-state index contributed by atoms with van der Waals surface area (Å²) in [7, 11) is 0. The second kappa shape index (κ2) is 15.7. The molecule has 2 N–H and O–H groups in total. The highest BCUT2D eigenvalue weighted by Gasteiger charge is 2.10. The fourth-order valence-corrected chi connectivity index (χ4v) is 3.19. The third-order valence-electron chi connectivity index (χ3n) is 4.92. The van der Waals surface area contributed by atoms with E-state index in [9.17, 15) is 0 Å². The number of unbranched alkanes of at least 4 members (excludes halogenated alkanes) is 1. The van der Waals surface area contributed by atoms with Crippen LogP contribution in [0.25, 0.3) is 0 Å². The standard InChI is InChI=1S/C23H40N4O2.HI/c1-5-24-23(25-12-6-7-13-27-14-16-28-17-15-27)26-20(4)21-8-10-22(11-9-21)29-18-19(2)3;/h8-11,19-20H,5-7,12-18H2,1-4H3,(H2,24,25,26);1H. The number of hydrogen-bond acceptors (Lipinski definition) is 4. The van der Waals surface area contributed by atoms with E-state index in [1.165, 1.54) is 12.0 Å². The van der Waals surface area contributed by atoms with Crippen LogP contribution in [0.3, 0.4) is 0 Å². The smallest absolute Gasteiger partial charge is 0.191 e. The highest BCUT2D eigenvalue weighted by atomic mass is 127. The van der Waals surface area contributed by atoms with Crippen molar-refractivity contribution in [3.8, 4) is 5.75 Å². The monoisotopic (exact) mass is 532 g/mol. The SMILES string of the molecule is CCNC(=NCCCCN1CCOCC1)NC(C)c1ccc(OCC(C)C)cc1.I. The van der Waals surface area contributed by atoms with Crippen LogP contribution >= 0.6 is 24.0 Å². The van der Waals surface area contributed by atoms with Gasteiger partial charge in [0, 0.05) is 26.2 Å². The van der Waals surface area contributed by atoms with Crippen molar-refractivity contribution in [2.75, 3.05) is 52.5 Å². The van der Waals surface area contributed by atoms with E-state index < -0.39 is 0 Å². The van der Waals surface area contributed by atoms with Gasteiger partial charge in [-0.3, -0.25) is 9.89 Å². The van der Waals surface area contributed by atoms with Crippen LogP contribution in [0.1, 0.15) is 52.1 Å². The van der Waals surface area contributed by atoms with Crippen LogP contribution in [-0.4, -0.2) is 63.4 Å². The minimum absolute atomic E-state index is 0. The number of guanidine groups is 1. The van der Waals surface area contributed by atoms with Crippen LogP contribution in [0.15, 0.2) is 29.3 Å². The molecule has 1 aliphatic heterocycles. The van der Waals surface area contributed by atoms with Crippen LogP contribution in [0.2, 0.25) is 0 Å². The van der Waals surface area contributed by atoms with Gasteiger partial charge in [-0.1, -0.05) is 26.0 Å². The van der Waals surface area contributed by atoms with Gasteiger partial charge < -0.3 is 20.1 Å². The third-order valence-corrected chi connectivity index (χ3v) is 4.92. The maximum atomic E-state index is 5.77. The first-order valence-corrected chi connectivity index (χ1v) is 11.2. The summed E-state index contributed by atoms with van der Waals surface area (Å²) in [4.78, 5) is 7.23. The fourth-order valence-electron chi connectivity index (χ4n) is 3.19. The zero-order chi connectivity index (χ0) is 20.9. The molecule has 0 saturated carbocycles. The van der Waals surface area contributed by atoms with E-state index in [4.69, 9.17) is 14.5 Å². The fraction of sp³-hybridized carbons (Fsp3) is 0.696. The largest absolute Gasteiger partial charge is 0.493 e. The van der Waals surface area contributed by atoms with Crippen LogP contribution in [0.4, 0.5) is 0 Å². The molecule has 30 heavy (non-hydrogen) atoms. The Morgan fingerprint density at radius 3 is 2.47 bits per heavy atom. The number of nitrogens with zero attached hydrogens (tertiary/aromatic N) is 2. The van der Waals surface area contributed by atoms with Gasteiger partial charge in [-0.25, -0.2) is 0 Å². The molecule has 0 aromatic heterocycles. The van der Waals surface area contributed by atoms with Gasteiger partial charge in [0.05, 0.1) is 25.9 Å². The average molecular weight is 533 g/mol. The number of aliphatic imine (C=N–C) groups is 1. The average Bonchev–Trinajstić information content (AvgIpc) is 2.73. The lowest BCUT2D eigenvalue weighted by molar-refractivity contribution is 0.0373. The van der Waals surface area contributed by atoms with Crippen LogP contribution in [-0.2, 0) is 4.74 Å². The zero-order valence-corrected chi connectivity index (χ0v) is 21.5. The molecule has 1 unspecified atom stereocenters. The number of morpholine rings is 1. The molecule has 1 aliphatic rings. The van der Waals surface area contributed by atoms with Crippen molar-refractivity contribution in [2.45, 2.75) is 46.6 Å². The van der Waals surface area contributed by atoms with Crippen molar-refractivity contribution in [1.29, 1.82) is 0 Å². The molecule has 1 heterocycles. The highest BCUT2D eigenvalue weighted by Crippen LogP contribution is 2.18. The summed E-state index contributed by atoms with van der Waals surface area (Å²) in [6.07, 6.45) is 2.28. The molecule has 0 radical (unpaired) electrons. The molecule has 1 fully saturated rings. The van der Waals surface area contributed by atoms with Gasteiger partial charge >= 0.3 is 0 Å². The topological polar surface area (TPSA) is 58.1 Å². The number of benzene rings is 1. The van der Waals surface area contributed by atoms with Gasteiger partial charge in [-0.15, -0.1) is 24.0 Å². The van der Waals surface area contributed by atoms with Crippen LogP contribution in [0, 0.1) is 5.92 Å². The Labute approximate surface area is 200 Å². The number of halogens is 1. The van der Waals surface area contributed by atoms with Gasteiger partial charge in [-0.2, -0.15) is 0 Å². The van der Waals surface area contributed by atoms with Crippen LogP contribution in [0.5, 0.6) is 5.75 Å². The summed E-state index contributed by atoms with van der Waals surface area (Å²) in [5.74, 6) is 2.34. The molecule has 6 nitrogen and oxygen atoms in total. The Hall–Kier alpha value is -1.06. The molecular weight excluding hydrogens is 491 g/mol. The van der Waals surface area contributed by atoms with E-state index in [1.54, 1.807) is 0 Å². The molecule has 7 heteroatoms. The van der Waals surface area contributed by atoms with E-state index in [0.29, 0.717) is 5.92 Å². The van der Waals surface area contributed by atoms with Crippen molar-refractivity contribution in [2.24, 2.45) is 10.9 Å². The van der Waals surface area contributed by atoms with E-state index in [2.05, 4.69) is 55.4 Å². The second-order valence-electron chi connectivity index (χ2n) is 8.06. The van der Waals surface area contributed by atoms with Gasteiger partial charge in [-0.05, 0) is 56.8 Å². The number of rotatable bonds is 11. The first-order chi connectivity index (χ1) is 14.1. The summed E-state index contributed by atoms with van der Waals surface area (Å²) in [6.45, 7) is 16.0. The Balaban J connectivity index is 0.00000450. The predicted octanol–water partition coefficient (Wildman–Crippen LogP) is 4.07. The summed E-state index contributed by atoms with van der Waals surface area (Å²) in [5, 5.41) is 6.87. The van der Waals surface area contributed by atoms with Crippen molar-refractivity contribution in [1.82, 2.24) is 15.5 Å². The first kappa shape index (κ1) is 27.0. The minimum Gasteiger partial charge on any atom is -0.493 e. The van der Waals surface area contributed by atoms with E-state index in [0.717, 1.165) is 70.7 Å². The molecular formula is C23H41IN4O2. The number of nitrogens with one attached hydrogen (secondary N) is 2. The van der Waals surface area contributed by atoms with E-state index in [1.807, 2.05) is 12.1 Å². The minimum atomic E-state index is 0. The van der Waals surface area contributed by atoms with Crippen molar-refractivity contribution >= 4 is 29.9 Å². The summed E-state index contributed by atoms with van der Waals surface area (Å²) >= 11 is 0. The maximum Gasteiger partial charge on any atom is 0.191 e. The maximum absolute atomic E-state index is 5.77.